The van der Waals surface area contributed by atoms with E-state index in [1.807, 2.05) is 30.0 Å². The van der Waals surface area contributed by atoms with Crippen LogP contribution in [0.4, 0.5) is 0 Å². The molecule has 3 unspecified atom stereocenters. The monoisotopic (exact) mass is 293 g/mol. The van der Waals surface area contributed by atoms with E-state index >= 15 is 0 Å². The number of aliphatic carboxylic acids is 1. The van der Waals surface area contributed by atoms with Crippen LogP contribution < -0.4 is 5.32 Å². The van der Waals surface area contributed by atoms with Crippen molar-refractivity contribution in [1.82, 2.24) is 5.32 Å². The first-order chi connectivity index (χ1) is 9.65. The topological polar surface area (TPSA) is 49.3 Å². The van der Waals surface area contributed by atoms with Gasteiger partial charge >= 0.3 is 5.97 Å². The first kappa shape index (κ1) is 15.4. The third-order valence-electron chi connectivity index (χ3n) is 3.85. The van der Waals surface area contributed by atoms with Crippen LogP contribution in [0.5, 0.6) is 0 Å². The van der Waals surface area contributed by atoms with Gasteiger partial charge in [-0.15, -0.1) is 0 Å². The van der Waals surface area contributed by atoms with Crippen LogP contribution in [-0.4, -0.2) is 34.7 Å². The van der Waals surface area contributed by atoms with Gasteiger partial charge in [0.1, 0.15) is 0 Å². The first-order valence-corrected chi connectivity index (χ1v) is 8.40. The number of carbonyl (C=O) groups is 1. The number of benzene rings is 1. The van der Waals surface area contributed by atoms with Gasteiger partial charge in [-0.3, -0.25) is 4.79 Å². The zero-order valence-electron chi connectivity index (χ0n) is 11.9. The number of rotatable bonds is 7. The summed E-state index contributed by atoms with van der Waals surface area (Å²) in [7, 11) is 0. The molecule has 0 amide bonds. The first-order valence-electron chi connectivity index (χ1n) is 7.24. The largest absolute Gasteiger partial charge is 0.481 e. The molecule has 2 rings (SSSR count). The maximum Gasteiger partial charge on any atom is 0.303 e. The van der Waals surface area contributed by atoms with Crippen LogP contribution in [0.15, 0.2) is 30.3 Å². The van der Waals surface area contributed by atoms with Crippen molar-refractivity contribution in [2.45, 2.75) is 38.3 Å². The molecule has 0 aromatic heterocycles. The molecule has 4 heteroatoms. The lowest BCUT2D eigenvalue weighted by molar-refractivity contribution is -0.137. The molecule has 0 saturated carbocycles. The lowest BCUT2D eigenvalue weighted by Crippen LogP contribution is -2.43. The molecular formula is C16H23NO2S. The zero-order valence-corrected chi connectivity index (χ0v) is 12.7. The summed E-state index contributed by atoms with van der Waals surface area (Å²) in [6.45, 7) is 2.27. The molecule has 2 N–H and O–H groups in total. The molecule has 0 aliphatic carbocycles. The van der Waals surface area contributed by atoms with Gasteiger partial charge in [0.05, 0.1) is 0 Å². The van der Waals surface area contributed by atoms with E-state index in [1.165, 1.54) is 11.3 Å². The Kier molecular flexibility index (Phi) is 5.92. The highest BCUT2D eigenvalue weighted by Crippen LogP contribution is 2.24. The second-order valence-corrected chi connectivity index (χ2v) is 6.68. The molecule has 20 heavy (non-hydrogen) atoms. The van der Waals surface area contributed by atoms with Gasteiger partial charge in [0.15, 0.2) is 0 Å². The average molecular weight is 293 g/mol. The van der Waals surface area contributed by atoms with Gasteiger partial charge in [-0.05, 0) is 30.1 Å². The number of thioether (sulfide) groups is 1. The van der Waals surface area contributed by atoms with Gasteiger partial charge in [-0.25, -0.2) is 0 Å². The smallest absolute Gasteiger partial charge is 0.303 e. The van der Waals surface area contributed by atoms with Crippen LogP contribution in [0.3, 0.4) is 0 Å². The summed E-state index contributed by atoms with van der Waals surface area (Å²) < 4.78 is 0. The van der Waals surface area contributed by atoms with E-state index in [9.17, 15) is 4.79 Å². The number of hydrogen-bond acceptors (Lipinski definition) is 3. The van der Waals surface area contributed by atoms with Crippen LogP contribution in [-0.2, 0) is 11.2 Å². The van der Waals surface area contributed by atoms with Crippen molar-refractivity contribution in [2.24, 2.45) is 5.92 Å². The van der Waals surface area contributed by atoms with Crippen LogP contribution in [0.2, 0.25) is 0 Å². The van der Waals surface area contributed by atoms with Crippen molar-refractivity contribution >= 4 is 17.7 Å². The maximum absolute atomic E-state index is 10.8. The van der Waals surface area contributed by atoms with E-state index in [0.717, 1.165) is 12.2 Å². The minimum atomic E-state index is -0.710. The van der Waals surface area contributed by atoms with E-state index in [2.05, 4.69) is 24.4 Å². The average Bonchev–Trinajstić information content (AvgIpc) is 2.83. The van der Waals surface area contributed by atoms with Gasteiger partial charge in [-0.2, -0.15) is 11.8 Å². The Balaban J connectivity index is 1.94. The summed E-state index contributed by atoms with van der Waals surface area (Å²) in [6.07, 6.45) is 1.83. The number of nitrogens with one attached hydrogen (secondary N) is 1. The van der Waals surface area contributed by atoms with Gasteiger partial charge in [0.2, 0.25) is 0 Å². The molecule has 0 radical (unpaired) electrons. The Hall–Kier alpha value is -1.00. The summed E-state index contributed by atoms with van der Waals surface area (Å²) in [5, 5.41) is 12.6. The summed E-state index contributed by atoms with van der Waals surface area (Å²) in [6, 6.07) is 11.1. The molecule has 1 heterocycles. The molecule has 1 aromatic rings. The van der Waals surface area contributed by atoms with Gasteiger partial charge in [0.25, 0.3) is 0 Å². The van der Waals surface area contributed by atoms with Crippen LogP contribution >= 0.6 is 11.8 Å². The highest BCUT2D eigenvalue weighted by Gasteiger charge is 2.26. The quantitative estimate of drug-likeness (QED) is 0.811. The minimum Gasteiger partial charge on any atom is -0.481 e. The Morgan fingerprint density at radius 3 is 2.75 bits per heavy atom. The van der Waals surface area contributed by atoms with Gasteiger partial charge < -0.3 is 10.4 Å². The summed E-state index contributed by atoms with van der Waals surface area (Å²) in [4.78, 5) is 10.8. The molecule has 1 aliphatic rings. The van der Waals surface area contributed by atoms with Gasteiger partial charge in [0, 0.05) is 24.3 Å². The highest BCUT2D eigenvalue weighted by molar-refractivity contribution is 7.99. The van der Waals surface area contributed by atoms with Crippen molar-refractivity contribution in [3.05, 3.63) is 35.9 Å². The van der Waals surface area contributed by atoms with Crippen LogP contribution in [0, 0.1) is 5.92 Å². The molecule has 1 saturated heterocycles. The minimum absolute atomic E-state index is 0.235. The van der Waals surface area contributed by atoms with E-state index < -0.39 is 5.97 Å². The Morgan fingerprint density at radius 2 is 2.15 bits per heavy atom. The van der Waals surface area contributed by atoms with E-state index in [-0.39, 0.29) is 12.5 Å². The van der Waals surface area contributed by atoms with Crippen molar-refractivity contribution < 1.29 is 9.90 Å². The van der Waals surface area contributed by atoms with Crippen molar-refractivity contribution in [3.8, 4) is 0 Å². The second-order valence-electron chi connectivity index (χ2n) is 5.61. The third kappa shape index (κ3) is 4.84. The fourth-order valence-electron chi connectivity index (χ4n) is 2.62. The molecule has 3 nitrogen and oxygen atoms in total. The number of carboxylic acids is 1. The third-order valence-corrected chi connectivity index (χ3v) is 5.20. The van der Waals surface area contributed by atoms with E-state index in [4.69, 9.17) is 5.11 Å². The summed E-state index contributed by atoms with van der Waals surface area (Å²) in [5.41, 5.74) is 1.27. The molecule has 0 bridgehead atoms. The summed E-state index contributed by atoms with van der Waals surface area (Å²) in [5.74, 6) is 2.30. The molecule has 3 atom stereocenters. The lowest BCUT2D eigenvalue weighted by Gasteiger charge is -2.25. The standard InChI is InChI=1S/C16H23NO2S/c1-12-10-20-11-15(12)17-14(7-8-16(18)19)9-13-5-3-2-4-6-13/h2-6,12,14-15,17H,7-11H2,1H3,(H,18,19). The SMILES string of the molecule is CC1CSCC1NC(CCC(=O)O)Cc1ccccc1. The number of hydrogen-bond donors (Lipinski definition) is 2. The van der Waals surface area contributed by atoms with Crippen LogP contribution in [0.25, 0.3) is 0 Å². The van der Waals surface area contributed by atoms with Crippen LogP contribution in [0.1, 0.15) is 25.3 Å². The predicted octanol–water partition coefficient (Wildman–Crippen LogP) is 2.80. The molecular weight excluding hydrogens is 270 g/mol. The molecule has 1 aliphatic heterocycles. The van der Waals surface area contributed by atoms with E-state index in [0.29, 0.717) is 18.4 Å². The molecule has 1 fully saturated rings. The Labute approximate surface area is 125 Å². The highest BCUT2D eigenvalue weighted by atomic mass is 32.2. The summed E-state index contributed by atoms with van der Waals surface area (Å²) >= 11 is 1.98. The maximum atomic E-state index is 10.8. The molecule has 1 aromatic carbocycles. The Bertz CT molecular complexity index is 424. The fraction of sp³-hybridized carbons (Fsp3) is 0.562. The number of carboxylic acid groups (broad SMARTS) is 1. The molecule has 0 spiro atoms. The predicted molar refractivity (Wildman–Crippen MR) is 84.2 cm³/mol. The zero-order chi connectivity index (χ0) is 14.4. The molecule has 110 valence electrons. The lowest BCUT2D eigenvalue weighted by atomic mass is 9.98. The van der Waals surface area contributed by atoms with Crippen molar-refractivity contribution in [3.63, 3.8) is 0 Å². The fourth-order valence-corrected chi connectivity index (χ4v) is 4.04. The Morgan fingerprint density at radius 1 is 1.40 bits per heavy atom. The van der Waals surface area contributed by atoms with Gasteiger partial charge in [-0.1, -0.05) is 37.3 Å². The van der Waals surface area contributed by atoms with Crippen molar-refractivity contribution in [1.29, 1.82) is 0 Å². The van der Waals surface area contributed by atoms with E-state index in [1.54, 1.807) is 0 Å². The van der Waals surface area contributed by atoms with Crippen molar-refractivity contribution in [2.75, 3.05) is 11.5 Å². The normalized spacial score (nSPS) is 23.6. The second kappa shape index (κ2) is 7.70.